The molecule has 3 aromatic rings. The van der Waals surface area contributed by atoms with Crippen molar-refractivity contribution in [3.05, 3.63) is 35.7 Å². The Bertz CT molecular complexity index is 615. The highest BCUT2D eigenvalue weighted by Gasteiger charge is 2.03. The fourth-order valence-corrected chi connectivity index (χ4v) is 1.74. The van der Waals surface area contributed by atoms with E-state index in [9.17, 15) is 0 Å². The van der Waals surface area contributed by atoms with Crippen molar-refractivity contribution in [1.29, 1.82) is 0 Å². The van der Waals surface area contributed by atoms with Gasteiger partial charge in [-0.05, 0) is 18.2 Å². The van der Waals surface area contributed by atoms with E-state index in [1.54, 1.807) is 12.5 Å². The second kappa shape index (κ2) is 2.69. The van der Waals surface area contributed by atoms with Crippen molar-refractivity contribution < 1.29 is 0 Å². The normalized spacial score (nSPS) is 11.2. The molecule has 0 amide bonds. The Kier molecular flexibility index (Phi) is 1.49. The van der Waals surface area contributed by atoms with Crippen molar-refractivity contribution in [3.8, 4) is 0 Å². The van der Waals surface area contributed by atoms with Crippen molar-refractivity contribution in [3.63, 3.8) is 0 Å². The van der Waals surface area contributed by atoms with Gasteiger partial charge in [-0.15, -0.1) is 0 Å². The van der Waals surface area contributed by atoms with E-state index in [1.807, 2.05) is 18.2 Å². The van der Waals surface area contributed by atoms with Crippen LogP contribution in [0.15, 0.2) is 30.7 Å². The van der Waals surface area contributed by atoms with Gasteiger partial charge < -0.3 is 4.98 Å². The topological polar surface area (TPSA) is 41.6 Å². The molecule has 0 bridgehead atoms. The van der Waals surface area contributed by atoms with Crippen LogP contribution in [0.25, 0.3) is 21.9 Å². The Morgan fingerprint density at radius 2 is 2.07 bits per heavy atom. The zero-order valence-electron chi connectivity index (χ0n) is 7.16. The van der Waals surface area contributed by atoms with Crippen LogP contribution in [0.1, 0.15) is 0 Å². The molecule has 4 heteroatoms. The minimum absolute atomic E-state index is 0.710. The largest absolute Gasteiger partial charge is 0.344 e. The molecule has 0 radical (unpaired) electrons. The molecule has 1 N–H and O–H groups in total. The highest BCUT2D eigenvalue weighted by Crippen LogP contribution is 2.23. The molecule has 68 valence electrons. The van der Waals surface area contributed by atoms with Crippen LogP contribution >= 0.6 is 11.6 Å². The lowest BCUT2D eigenvalue weighted by molar-refractivity contribution is 1.34. The van der Waals surface area contributed by atoms with Crippen molar-refractivity contribution in [2.75, 3.05) is 0 Å². The third-order valence-electron chi connectivity index (χ3n) is 2.22. The highest BCUT2D eigenvalue weighted by atomic mass is 35.5. The first kappa shape index (κ1) is 7.76. The first-order valence-corrected chi connectivity index (χ1v) is 4.60. The summed E-state index contributed by atoms with van der Waals surface area (Å²) in [7, 11) is 0. The van der Waals surface area contributed by atoms with Crippen molar-refractivity contribution >= 4 is 33.5 Å². The fraction of sp³-hybridized carbons (Fsp3) is 0. The lowest BCUT2D eigenvalue weighted by Crippen LogP contribution is -1.80. The zero-order chi connectivity index (χ0) is 9.54. The van der Waals surface area contributed by atoms with Crippen LogP contribution in [0, 0.1) is 0 Å². The van der Waals surface area contributed by atoms with Gasteiger partial charge in [-0.3, -0.25) is 4.98 Å². The number of pyridine rings is 1. The van der Waals surface area contributed by atoms with E-state index in [1.165, 1.54) is 0 Å². The molecule has 0 unspecified atom stereocenters. The summed E-state index contributed by atoms with van der Waals surface area (Å²) >= 11 is 5.92. The lowest BCUT2D eigenvalue weighted by atomic mass is 10.2. The average Bonchev–Trinajstić information content (AvgIpc) is 2.65. The molecule has 0 spiro atoms. The third kappa shape index (κ3) is 0.992. The van der Waals surface area contributed by atoms with Gasteiger partial charge in [0.15, 0.2) is 0 Å². The Morgan fingerprint density at radius 1 is 1.14 bits per heavy atom. The molecule has 14 heavy (non-hydrogen) atoms. The Balaban J connectivity index is 2.60. The summed E-state index contributed by atoms with van der Waals surface area (Å²) in [6, 6.07) is 5.63. The number of H-pyrrole nitrogens is 1. The molecule has 0 atom stereocenters. The second-order valence-electron chi connectivity index (χ2n) is 3.08. The lowest BCUT2D eigenvalue weighted by Gasteiger charge is -1.98. The predicted octanol–water partition coefficient (Wildman–Crippen LogP) is 2.76. The maximum Gasteiger partial charge on any atom is 0.107 e. The Labute approximate surface area is 84.7 Å². The van der Waals surface area contributed by atoms with E-state index in [2.05, 4.69) is 15.0 Å². The van der Waals surface area contributed by atoms with E-state index < -0.39 is 0 Å². The number of aromatic amines is 1. The average molecular weight is 204 g/mol. The number of aromatic nitrogens is 3. The first-order valence-electron chi connectivity index (χ1n) is 4.22. The van der Waals surface area contributed by atoms with Crippen LogP contribution in [-0.4, -0.2) is 15.0 Å². The predicted molar refractivity (Wildman–Crippen MR) is 56.4 cm³/mol. The molecule has 3 nitrogen and oxygen atoms in total. The number of halogens is 1. The van der Waals surface area contributed by atoms with Crippen LogP contribution < -0.4 is 0 Å². The minimum Gasteiger partial charge on any atom is -0.344 e. The van der Waals surface area contributed by atoms with Gasteiger partial charge in [-0.25, -0.2) is 4.98 Å². The van der Waals surface area contributed by atoms with Crippen molar-refractivity contribution in [2.24, 2.45) is 0 Å². The van der Waals surface area contributed by atoms with Gasteiger partial charge in [0, 0.05) is 10.4 Å². The number of hydrogen-bond donors (Lipinski definition) is 1. The molecule has 0 saturated carbocycles. The highest BCUT2D eigenvalue weighted by molar-refractivity contribution is 6.31. The number of nitrogens with zero attached hydrogens (tertiary/aromatic N) is 2. The summed E-state index contributed by atoms with van der Waals surface area (Å²) < 4.78 is 0. The smallest absolute Gasteiger partial charge is 0.107 e. The van der Waals surface area contributed by atoms with Crippen LogP contribution in [0.3, 0.4) is 0 Å². The molecule has 0 fully saturated rings. The number of hydrogen-bond acceptors (Lipinski definition) is 2. The fourth-order valence-electron chi connectivity index (χ4n) is 1.57. The first-order chi connectivity index (χ1) is 6.84. The third-order valence-corrected chi connectivity index (χ3v) is 2.46. The molecular formula is C10H6ClN3. The van der Waals surface area contributed by atoms with Crippen LogP contribution in [-0.2, 0) is 0 Å². The number of imidazole rings is 1. The Morgan fingerprint density at radius 3 is 3.00 bits per heavy atom. The van der Waals surface area contributed by atoms with Crippen LogP contribution in [0.4, 0.5) is 0 Å². The van der Waals surface area contributed by atoms with Crippen LogP contribution in [0.5, 0.6) is 0 Å². The molecule has 3 rings (SSSR count). The summed E-state index contributed by atoms with van der Waals surface area (Å²) in [6.45, 7) is 0. The standard InChI is InChI=1S/C10H6ClN3/c11-6-1-2-8-7(3-6)10-9(4-12-8)13-5-14-10/h1-5H,(H,13,14). The quantitative estimate of drug-likeness (QED) is 0.611. The SMILES string of the molecule is Clc1ccc2ncc3nc[nH]c3c2c1. The number of benzene rings is 1. The molecule has 0 aliphatic carbocycles. The second-order valence-corrected chi connectivity index (χ2v) is 3.52. The van der Waals surface area contributed by atoms with Gasteiger partial charge >= 0.3 is 0 Å². The molecular weight excluding hydrogens is 198 g/mol. The van der Waals surface area contributed by atoms with Crippen molar-refractivity contribution in [2.45, 2.75) is 0 Å². The monoisotopic (exact) mass is 203 g/mol. The summed E-state index contributed by atoms with van der Waals surface area (Å²) in [4.78, 5) is 11.5. The Hall–Kier alpha value is -1.61. The minimum atomic E-state index is 0.710. The molecule has 0 aliphatic heterocycles. The number of rotatable bonds is 0. The molecule has 0 aliphatic rings. The zero-order valence-corrected chi connectivity index (χ0v) is 7.92. The van der Waals surface area contributed by atoms with Gasteiger partial charge in [-0.2, -0.15) is 0 Å². The molecule has 0 saturated heterocycles. The van der Waals surface area contributed by atoms with Crippen molar-refractivity contribution in [1.82, 2.24) is 15.0 Å². The number of fused-ring (bicyclic) bond motifs is 3. The van der Waals surface area contributed by atoms with Gasteiger partial charge in [-0.1, -0.05) is 11.6 Å². The molecule has 2 aromatic heterocycles. The van der Waals surface area contributed by atoms with E-state index in [0.717, 1.165) is 21.9 Å². The van der Waals surface area contributed by atoms with E-state index in [0.29, 0.717) is 5.02 Å². The summed E-state index contributed by atoms with van der Waals surface area (Å²) in [5, 5.41) is 1.72. The molecule has 1 aromatic carbocycles. The van der Waals surface area contributed by atoms with Crippen LogP contribution in [0.2, 0.25) is 5.02 Å². The summed E-state index contributed by atoms with van der Waals surface area (Å²) in [6.07, 6.45) is 3.41. The van der Waals surface area contributed by atoms with E-state index in [4.69, 9.17) is 11.6 Å². The van der Waals surface area contributed by atoms with E-state index >= 15 is 0 Å². The van der Waals surface area contributed by atoms with Gasteiger partial charge in [0.2, 0.25) is 0 Å². The number of nitrogens with one attached hydrogen (secondary N) is 1. The maximum absolute atomic E-state index is 5.92. The summed E-state index contributed by atoms with van der Waals surface area (Å²) in [5.41, 5.74) is 2.77. The van der Waals surface area contributed by atoms with Gasteiger partial charge in [0.05, 0.1) is 23.6 Å². The van der Waals surface area contributed by atoms with E-state index in [-0.39, 0.29) is 0 Å². The van der Waals surface area contributed by atoms with Gasteiger partial charge in [0.25, 0.3) is 0 Å². The molecule has 2 heterocycles. The maximum atomic E-state index is 5.92. The summed E-state index contributed by atoms with van der Waals surface area (Å²) in [5.74, 6) is 0. The van der Waals surface area contributed by atoms with Gasteiger partial charge in [0.1, 0.15) is 5.52 Å².